The molecule has 1 aliphatic heterocycles. The first-order chi connectivity index (χ1) is 3.07. The van der Waals surface area contributed by atoms with E-state index in [1.54, 1.807) is 4.90 Å². The van der Waals surface area contributed by atoms with Crippen LogP contribution in [0.15, 0.2) is 0 Å². The maximum Gasteiger partial charge on any atom is 0.248 e. The third-order valence-corrected chi connectivity index (χ3v) is 1.62. The van der Waals surface area contributed by atoms with Crippen molar-refractivity contribution in [3.05, 3.63) is 0 Å². The van der Waals surface area contributed by atoms with E-state index in [0.29, 0.717) is 0 Å². The molecule has 0 N–H and O–H groups in total. The van der Waals surface area contributed by atoms with Gasteiger partial charge in [-0.3, -0.25) is 4.79 Å². The molecule has 0 radical (unpaired) electrons. The molecule has 2 nitrogen and oxygen atoms in total. The molecule has 0 aromatic heterocycles. The minimum atomic E-state index is -0.139. The summed E-state index contributed by atoms with van der Waals surface area (Å²) in [5.41, 5.74) is -0.139. The predicted molar refractivity (Wildman–Crippen MR) is 26.8 cm³/mol. The summed E-state index contributed by atoms with van der Waals surface area (Å²) in [6.45, 7) is 3.82. The van der Waals surface area contributed by atoms with Gasteiger partial charge in [0.1, 0.15) is 5.54 Å². The van der Waals surface area contributed by atoms with Gasteiger partial charge < -0.3 is 4.90 Å². The molecule has 0 bridgehead atoms. The van der Waals surface area contributed by atoms with E-state index in [2.05, 4.69) is 0 Å². The van der Waals surface area contributed by atoms with Crippen molar-refractivity contribution in [2.45, 2.75) is 19.4 Å². The Morgan fingerprint density at radius 1 is 1.57 bits per heavy atom. The van der Waals surface area contributed by atoms with Crippen molar-refractivity contribution >= 4 is 5.91 Å². The van der Waals surface area contributed by atoms with Crippen LogP contribution < -0.4 is 0 Å². The zero-order valence-corrected chi connectivity index (χ0v) is 4.86. The van der Waals surface area contributed by atoms with Gasteiger partial charge in [-0.25, -0.2) is 0 Å². The van der Waals surface area contributed by atoms with Gasteiger partial charge in [0, 0.05) is 7.05 Å². The van der Waals surface area contributed by atoms with Crippen LogP contribution in [0.5, 0.6) is 0 Å². The summed E-state index contributed by atoms with van der Waals surface area (Å²) in [4.78, 5) is 12.2. The van der Waals surface area contributed by atoms with Gasteiger partial charge in [0.15, 0.2) is 0 Å². The topological polar surface area (TPSA) is 20.1 Å². The molecule has 7 heavy (non-hydrogen) atoms. The Labute approximate surface area is 43.1 Å². The molecule has 40 valence electrons. The normalized spacial score (nSPS) is 25.6. The van der Waals surface area contributed by atoms with Gasteiger partial charge in [-0.05, 0) is 13.8 Å². The van der Waals surface area contributed by atoms with E-state index >= 15 is 0 Å². The minimum Gasteiger partial charge on any atom is -0.330 e. The minimum absolute atomic E-state index is 0.139. The van der Waals surface area contributed by atoms with E-state index in [9.17, 15) is 4.79 Å². The number of likely N-dealkylation sites (N-methyl/N-ethyl adjacent to an activating group) is 1. The molecular formula is C5H9NO. The quantitative estimate of drug-likeness (QED) is 0.398. The second kappa shape index (κ2) is 0.831. The number of amides is 1. The third kappa shape index (κ3) is 0.363. The fourth-order valence-electron chi connectivity index (χ4n) is 0.545. The van der Waals surface area contributed by atoms with Gasteiger partial charge in [-0.1, -0.05) is 0 Å². The molecule has 0 aromatic carbocycles. The molecular weight excluding hydrogens is 90.1 g/mol. The van der Waals surface area contributed by atoms with Gasteiger partial charge in [0.25, 0.3) is 0 Å². The van der Waals surface area contributed by atoms with Crippen LogP contribution in [0.4, 0.5) is 0 Å². The smallest absolute Gasteiger partial charge is 0.248 e. The van der Waals surface area contributed by atoms with Crippen LogP contribution in [-0.2, 0) is 4.79 Å². The van der Waals surface area contributed by atoms with E-state index in [1.165, 1.54) is 0 Å². The molecule has 0 saturated carbocycles. The number of carbonyl (C=O) groups excluding carboxylic acids is 1. The average Bonchev–Trinajstić information content (AvgIpc) is 1.91. The molecule has 0 aliphatic carbocycles. The highest BCUT2D eigenvalue weighted by Gasteiger charge is 2.51. The lowest BCUT2D eigenvalue weighted by atomic mass is 10.2. The lowest BCUT2D eigenvalue weighted by Gasteiger charge is -1.90. The van der Waals surface area contributed by atoms with Gasteiger partial charge in [-0.15, -0.1) is 0 Å². The van der Waals surface area contributed by atoms with Crippen molar-refractivity contribution in [2.24, 2.45) is 0 Å². The van der Waals surface area contributed by atoms with Gasteiger partial charge >= 0.3 is 0 Å². The lowest BCUT2D eigenvalue weighted by Crippen LogP contribution is -2.02. The van der Waals surface area contributed by atoms with Crippen LogP contribution in [0.2, 0.25) is 0 Å². The third-order valence-electron chi connectivity index (χ3n) is 1.62. The summed E-state index contributed by atoms with van der Waals surface area (Å²) in [6.07, 6.45) is 0. The molecule has 1 heterocycles. The van der Waals surface area contributed by atoms with E-state index in [-0.39, 0.29) is 11.4 Å². The molecule has 1 aliphatic rings. The molecule has 1 rings (SSSR count). The first kappa shape index (κ1) is 4.62. The van der Waals surface area contributed by atoms with Crippen LogP contribution in [0.1, 0.15) is 13.8 Å². The molecule has 0 unspecified atom stereocenters. The number of rotatable bonds is 0. The van der Waals surface area contributed by atoms with E-state index in [1.807, 2.05) is 20.9 Å². The Hall–Kier alpha value is -0.530. The van der Waals surface area contributed by atoms with E-state index < -0.39 is 0 Å². The Balaban J connectivity index is 2.70. The van der Waals surface area contributed by atoms with E-state index in [4.69, 9.17) is 0 Å². The zero-order valence-electron chi connectivity index (χ0n) is 4.86. The second-order valence-corrected chi connectivity index (χ2v) is 2.42. The van der Waals surface area contributed by atoms with E-state index in [0.717, 1.165) is 0 Å². The van der Waals surface area contributed by atoms with Gasteiger partial charge in [0.2, 0.25) is 5.91 Å². The maximum absolute atomic E-state index is 10.5. The largest absolute Gasteiger partial charge is 0.330 e. The first-order valence-corrected chi connectivity index (χ1v) is 2.35. The zero-order chi connectivity index (χ0) is 5.65. The number of carbonyl (C=O) groups is 1. The molecule has 1 amide bonds. The van der Waals surface area contributed by atoms with Crippen molar-refractivity contribution < 1.29 is 4.79 Å². The van der Waals surface area contributed by atoms with Crippen molar-refractivity contribution in [3.63, 3.8) is 0 Å². The molecule has 0 aromatic rings. The molecule has 2 heteroatoms. The standard InChI is InChI=1S/C5H9NO/c1-5(2)4(7)6(5)3/h1-3H3. The molecule has 0 atom stereocenters. The Morgan fingerprint density at radius 3 is 1.71 bits per heavy atom. The SMILES string of the molecule is CN1C(=O)C1(C)C. The summed E-state index contributed by atoms with van der Waals surface area (Å²) < 4.78 is 0. The summed E-state index contributed by atoms with van der Waals surface area (Å²) in [5.74, 6) is 0.243. The highest BCUT2D eigenvalue weighted by Crippen LogP contribution is 2.29. The fraction of sp³-hybridized carbons (Fsp3) is 0.800. The number of nitrogens with zero attached hydrogens (tertiary/aromatic N) is 1. The Kier molecular flexibility index (Phi) is 0.549. The molecule has 0 spiro atoms. The Morgan fingerprint density at radius 2 is 1.71 bits per heavy atom. The van der Waals surface area contributed by atoms with Crippen molar-refractivity contribution in [2.75, 3.05) is 7.05 Å². The highest BCUT2D eigenvalue weighted by atomic mass is 16.2. The first-order valence-electron chi connectivity index (χ1n) is 2.35. The fourth-order valence-corrected chi connectivity index (χ4v) is 0.545. The van der Waals surface area contributed by atoms with Crippen LogP contribution >= 0.6 is 0 Å². The summed E-state index contributed by atoms with van der Waals surface area (Å²) in [5, 5.41) is 0. The van der Waals surface area contributed by atoms with Crippen LogP contribution in [0.3, 0.4) is 0 Å². The summed E-state index contributed by atoms with van der Waals surface area (Å²) in [6, 6.07) is 0. The lowest BCUT2D eigenvalue weighted by molar-refractivity contribution is -0.114. The Bertz CT molecular complexity index is 117. The number of hydrogen-bond acceptors (Lipinski definition) is 1. The van der Waals surface area contributed by atoms with Crippen molar-refractivity contribution in [1.82, 2.24) is 4.90 Å². The monoisotopic (exact) mass is 99.1 g/mol. The molecule has 1 fully saturated rings. The predicted octanol–water partition coefficient (Wildman–Crippen LogP) is 0.237. The van der Waals surface area contributed by atoms with Crippen LogP contribution in [-0.4, -0.2) is 23.4 Å². The van der Waals surface area contributed by atoms with Crippen LogP contribution in [0.25, 0.3) is 0 Å². The molecule has 1 saturated heterocycles. The van der Waals surface area contributed by atoms with Crippen molar-refractivity contribution in [1.29, 1.82) is 0 Å². The van der Waals surface area contributed by atoms with Gasteiger partial charge in [0.05, 0.1) is 0 Å². The second-order valence-electron chi connectivity index (χ2n) is 2.42. The van der Waals surface area contributed by atoms with Crippen molar-refractivity contribution in [3.8, 4) is 0 Å². The number of hydrogen-bond donors (Lipinski definition) is 0. The summed E-state index contributed by atoms with van der Waals surface area (Å²) in [7, 11) is 1.81. The maximum atomic E-state index is 10.5. The highest BCUT2D eigenvalue weighted by molar-refractivity contribution is 6.00. The average molecular weight is 99.1 g/mol. The van der Waals surface area contributed by atoms with Crippen LogP contribution in [0, 0.1) is 0 Å². The van der Waals surface area contributed by atoms with Gasteiger partial charge in [-0.2, -0.15) is 0 Å². The summed E-state index contributed by atoms with van der Waals surface area (Å²) >= 11 is 0.